The zero-order valence-electron chi connectivity index (χ0n) is 21.0. The summed E-state index contributed by atoms with van der Waals surface area (Å²) in [5.41, 5.74) is 6.32. The fourth-order valence-electron chi connectivity index (χ4n) is 7.04. The molecule has 4 N–H and O–H groups in total. The maximum atomic E-state index is 15.2. The molecule has 0 bridgehead atoms. The number of alkyl halides is 4. The van der Waals surface area contributed by atoms with Crippen LogP contribution < -0.4 is 16.2 Å². The topological polar surface area (TPSA) is 75.7 Å². The van der Waals surface area contributed by atoms with E-state index in [0.717, 1.165) is 0 Å². The summed E-state index contributed by atoms with van der Waals surface area (Å²) < 4.78 is 71.3. The van der Waals surface area contributed by atoms with Crippen LogP contribution >= 0.6 is 0 Å². The van der Waals surface area contributed by atoms with Gasteiger partial charge >= 0.3 is 0 Å². The van der Waals surface area contributed by atoms with Crippen molar-refractivity contribution in [3.8, 4) is 0 Å². The molecule has 208 valence electrons. The van der Waals surface area contributed by atoms with Crippen LogP contribution in [0.15, 0.2) is 12.1 Å². The van der Waals surface area contributed by atoms with Gasteiger partial charge in [0.2, 0.25) is 5.95 Å². The number of piperidine rings is 1. The lowest BCUT2D eigenvalue weighted by Crippen LogP contribution is -2.57. The molecule has 0 amide bonds. The molecular weight excluding hydrogens is 495 g/mol. The van der Waals surface area contributed by atoms with E-state index in [4.69, 9.17) is 0 Å². The number of aromatic nitrogens is 1. The standard InChI is InChI=1S/C25H37F5N6O/c1-14-9-17-16(3-4-18-21(17)24(28)34-33-18)22(36(14)12-25(29,30)13-37)19-5-6-20(23(27)32-19)31-15-10-35(11-15)8-2-7-26/h5-6,14-18,21-22,24,31,33-34,37H,2-4,7-13H2,1H3/t14-,16?,17?,18?,21?,22+,24?/m1/s1. The minimum atomic E-state index is -3.33. The second-order valence-electron chi connectivity index (χ2n) is 11.2. The average molecular weight is 533 g/mol. The van der Waals surface area contributed by atoms with Crippen LogP contribution in [0.2, 0.25) is 0 Å². The Balaban J connectivity index is 1.38. The fourth-order valence-corrected chi connectivity index (χ4v) is 7.04. The summed E-state index contributed by atoms with van der Waals surface area (Å²) in [7, 11) is 0. The highest BCUT2D eigenvalue weighted by Gasteiger charge is 2.55. The highest BCUT2D eigenvalue weighted by atomic mass is 19.3. The number of nitrogens with one attached hydrogen (secondary N) is 3. The summed E-state index contributed by atoms with van der Waals surface area (Å²) in [5, 5.41) is 12.4. The molecule has 4 heterocycles. The summed E-state index contributed by atoms with van der Waals surface area (Å²) >= 11 is 0. The molecule has 37 heavy (non-hydrogen) atoms. The molecular formula is C25H37F5N6O. The molecule has 1 aliphatic carbocycles. The van der Waals surface area contributed by atoms with E-state index in [-0.39, 0.29) is 48.2 Å². The number of aliphatic hydroxyl groups excluding tert-OH is 1. The Labute approximate surface area is 214 Å². The number of anilines is 1. The van der Waals surface area contributed by atoms with Gasteiger partial charge in [0.15, 0.2) is 6.30 Å². The van der Waals surface area contributed by atoms with E-state index in [1.807, 2.05) is 6.92 Å². The number of pyridine rings is 1. The molecule has 12 heteroatoms. The molecule has 0 aromatic carbocycles. The molecule has 7 atom stereocenters. The number of fused-ring (bicyclic) bond motifs is 3. The van der Waals surface area contributed by atoms with Gasteiger partial charge in [0.25, 0.3) is 5.92 Å². The monoisotopic (exact) mass is 532 g/mol. The number of aliphatic hydroxyl groups is 1. The zero-order chi connectivity index (χ0) is 26.3. The zero-order valence-corrected chi connectivity index (χ0v) is 21.0. The first-order chi connectivity index (χ1) is 17.7. The van der Waals surface area contributed by atoms with Crippen LogP contribution in [0.25, 0.3) is 0 Å². The number of likely N-dealkylation sites (tertiary alicyclic amines) is 2. The Bertz CT molecular complexity index is 937. The van der Waals surface area contributed by atoms with Crippen molar-refractivity contribution in [3.05, 3.63) is 23.8 Å². The van der Waals surface area contributed by atoms with Gasteiger partial charge in [0.05, 0.1) is 36.7 Å². The molecule has 4 fully saturated rings. The van der Waals surface area contributed by atoms with Crippen molar-refractivity contribution in [2.45, 2.75) is 69.0 Å². The van der Waals surface area contributed by atoms with Crippen LogP contribution in [-0.4, -0.2) is 89.7 Å². The van der Waals surface area contributed by atoms with Gasteiger partial charge in [0.1, 0.15) is 6.61 Å². The summed E-state index contributed by atoms with van der Waals surface area (Å²) in [6, 6.07) is 2.32. The highest BCUT2D eigenvalue weighted by Crippen LogP contribution is 2.53. The van der Waals surface area contributed by atoms with Crippen molar-refractivity contribution in [2.75, 3.05) is 44.8 Å². The lowest BCUT2D eigenvalue weighted by atomic mass is 9.62. The van der Waals surface area contributed by atoms with Crippen molar-refractivity contribution in [2.24, 2.45) is 17.8 Å². The van der Waals surface area contributed by atoms with E-state index in [1.165, 1.54) is 0 Å². The first-order valence-electron chi connectivity index (χ1n) is 13.3. The molecule has 7 nitrogen and oxygen atoms in total. The van der Waals surface area contributed by atoms with Crippen molar-refractivity contribution in [1.82, 2.24) is 25.6 Å². The molecule has 4 aliphatic rings. The first kappa shape index (κ1) is 27.0. The molecule has 1 saturated carbocycles. The van der Waals surface area contributed by atoms with Crippen LogP contribution in [0.5, 0.6) is 0 Å². The van der Waals surface area contributed by atoms with Crippen molar-refractivity contribution in [3.63, 3.8) is 0 Å². The van der Waals surface area contributed by atoms with Crippen LogP contribution in [0.3, 0.4) is 0 Å². The van der Waals surface area contributed by atoms with Gasteiger partial charge in [-0.3, -0.25) is 19.6 Å². The van der Waals surface area contributed by atoms with Crippen LogP contribution in [0.1, 0.15) is 44.3 Å². The molecule has 5 rings (SSSR count). The largest absolute Gasteiger partial charge is 0.390 e. The van der Waals surface area contributed by atoms with Gasteiger partial charge in [-0.05, 0) is 56.6 Å². The Morgan fingerprint density at radius 1 is 1.19 bits per heavy atom. The first-order valence-corrected chi connectivity index (χ1v) is 13.3. The smallest absolute Gasteiger partial charge is 0.283 e. The number of rotatable bonds is 9. The van der Waals surface area contributed by atoms with Gasteiger partial charge < -0.3 is 10.4 Å². The maximum absolute atomic E-state index is 15.2. The molecule has 0 radical (unpaired) electrons. The minimum absolute atomic E-state index is 0.0275. The van der Waals surface area contributed by atoms with Crippen LogP contribution in [0.4, 0.5) is 27.6 Å². The third-order valence-corrected chi connectivity index (χ3v) is 8.75. The Hall–Kier alpha value is -1.60. The number of hydrazine groups is 1. The van der Waals surface area contributed by atoms with Crippen molar-refractivity contribution < 1.29 is 27.1 Å². The van der Waals surface area contributed by atoms with Gasteiger partial charge in [-0.15, -0.1) is 0 Å². The van der Waals surface area contributed by atoms with Crippen LogP contribution in [-0.2, 0) is 0 Å². The third-order valence-electron chi connectivity index (χ3n) is 8.75. The normalized spacial score (nSPS) is 35.2. The summed E-state index contributed by atoms with van der Waals surface area (Å²) in [5.74, 6) is -4.58. The molecule has 1 aromatic heterocycles. The molecule has 3 saturated heterocycles. The van der Waals surface area contributed by atoms with Crippen molar-refractivity contribution in [1.29, 1.82) is 0 Å². The van der Waals surface area contributed by atoms with Gasteiger partial charge in [-0.2, -0.15) is 4.39 Å². The highest BCUT2D eigenvalue weighted by molar-refractivity contribution is 5.45. The predicted octanol–water partition coefficient (Wildman–Crippen LogP) is 2.85. The fraction of sp³-hybridized carbons (Fsp3) is 0.800. The second kappa shape index (κ2) is 10.9. The Morgan fingerprint density at radius 3 is 2.68 bits per heavy atom. The molecule has 5 unspecified atom stereocenters. The van der Waals surface area contributed by atoms with E-state index in [0.29, 0.717) is 51.0 Å². The molecule has 0 spiro atoms. The lowest BCUT2D eigenvalue weighted by molar-refractivity contribution is -0.123. The third kappa shape index (κ3) is 5.45. The molecule has 3 aliphatic heterocycles. The quantitative estimate of drug-likeness (QED) is 0.222. The Kier molecular flexibility index (Phi) is 7.93. The van der Waals surface area contributed by atoms with E-state index < -0.39 is 37.4 Å². The second-order valence-corrected chi connectivity index (χ2v) is 11.2. The predicted molar refractivity (Wildman–Crippen MR) is 129 cm³/mol. The van der Waals surface area contributed by atoms with Gasteiger partial charge in [0, 0.05) is 37.6 Å². The molecule has 1 aromatic rings. The summed E-state index contributed by atoms with van der Waals surface area (Å²) in [6.45, 7) is 1.55. The SMILES string of the molecule is C[C@@H]1CC2C3C(F)NNC3CCC2[C@@H](c2ccc(NC3CN(CCCF)C3)c(F)n2)N1CC(F)(F)CO. The average Bonchev–Trinajstić information content (AvgIpc) is 3.23. The lowest BCUT2D eigenvalue weighted by Gasteiger charge is -2.54. The van der Waals surface area contributed by atoms with Crippen LogP contribution in [0, 0.1) is 23.7 Å². The van der Waals surface area contributed by atoms with Gasteiger partial charge in [-0.25, -0.2) is 23.6 Å². The number of nitrogens with zero attached hydrogens (tertiary/aromatic N) is 3. The van der Waals surface area contributed by atoms with E-state index in [1.54, 1.807) is 17.0 Å². The van der Waals surface area contributed by atoms with E-state index in [9.17, 15) is 22.7 Å². The number of halogens is 5. The van der Waals surface area contributed by atoms with Gasteiger partial charge in [-0.1, -0.05) is 0 Å². The Morgan fingerprint density at radius 2 is 1.97 bits per heavy atom. The van der Waals surface area contributed by atoms with E-state index in [2.05, 4.69) is 26.1 Å². The summed E-state index contributed by atoms with van der Waals surface area (Å²) in [4.78, 5) is 7.96. The maximum Gasteiger partial charge on any atom is 0.283 e. The van der Waals surface area contributed by atoms with Crippen molar-refractivity contribution >= 4 is 5.69 Å². The van der Waals surface area contributed by atoms with E-state index >= 15 is 4.39 Å². The minimum Gasteiger partial charge on any atom is -0.390 e. The summed E-state index contributed by atoms with van der Waals surface area (Å²) in [6.07, 6.45) is 1.13. The number of hydrogen-bond donors (Lipinski definition) is 4. The number of hydrogen-bond acceptors (Lipinski definition) is 7.